The Kier molecular flexibility index (Phi) is 12.6. The second-order valence-corrected chi connectivity index (χ2v) is 14.7. The third-order valence-electron chi connectivity index (χ3n) is 8.61. The van der Waals surface area contributed by atoms with Crippen LogP contribution in [0, 0.1) is 0 Å². The summed E-state index contributed by atoms with van der Waals surface area (Å²) in [5, 5.41) is 12.4. The number of carboxylic acid groups (broad SMARTS) is 1. The number of nitrogens with one attached hydrogen (secondary N) is 1. The maximum atomic E-state index is 14.2. The van der Waals surface area contributed by atoms with Gasteiger partial charge in [-0.2, -0.15) is 26.3 Å². The Morgan fingerprint density at radius 1 is 0.836 bits per heavy atom. The predicted molar refractivity (Wildman–Crippen MR) is 200 cm³/mol. The van der Waals surface area contributed by atoms with Crippen LogP contribution in [0.15, 0.2) is 81.7 Å². The van der Waals surface area contributed by atoms with Crippen LogP contribution in [0.25, 0.3) is 0 Å². The van der Waals surface area contributed by atoms with E-state index in [2.05, 4.69) is 37.2 Å². The SMILES string of the molecule is COC(=O)c1cc(NC(=S)CC[N+]2(C(=O)COc3cc(C(F)(F)F)cc(C(F)(F)F)c3)CCc3cc(OCc4cc(Br)cc(Br)c4)ccc32)cc(C(=O)O)c1. The standard InChI is InChI=1S/C37H28Br2F6N2O7S/c1-52-35(51)23-10-22(34(49)50)11-28(12-23)46-32(55)5-7-47(33(48)19-54-30-15-24(36(40,41)42)14-25(16-30)37(43,44)45)6-4-21-13-29(2-3-31(21)47)53-18-20-8-26(38)17-27(39)9-20/h2-3,8-17H,4-7,18-19H2,1H3,(H-,46,49,50,55)/p+1. The molecule has 290 valence electrons. The van der Waals surface area contributed by atoms with E-state index in [1.165, 1.54) is 12.1 Å². The summed E-state index contributed by atoms with van der Waals surface area (Å²) in [5.41, 5.74) is -1.28. The summed E-state index contributed by atoms with van der Waals surface area (Å²) >= 11 is 12.4. The molecular weight excluding hydrogens is 890 g/mol. The molecule has 4 aromatic rings. The van der Waals surface area contributed by atoms with Gasteiger partial charge in [0.1, 0.15) is 23.8 Å². The van der Waals surface area contributed by atoms with Gasteiger partial charge in [0.2, 0.25) is 6.61 Å². The van der Waals surface area contributed by atoms with Crippen molar-refractivity contribution in [3.63, 3.8) is 0 Å². The number of fused-ring (bicyclic) bond motifs is 1. The number of carboxylic acids is 1. The number of aromatic carboxylic acids is 1. The molecule has 0 saturated heterocycles. The number of hydrogen-bond donors (Lipinski definition) is 2. The molecule has 4 aromatic carbocycles. The van der Waals surface area contributed by atoms with Crippen LogP contribution in [0.2, 0.25) is 0 Å². The van der Waals surface area contributed by atoms with Gasteiger partial charge in [0, 0.05) is 39.1 Å². The summed E-state index contributed by atoms with van der Waals surface area (Å²) in [5.74, 6) is -3.11. The minimum Gasteiger partial charge on any atom is -0.489 e. The number of benzene rings is 4. The van der Waals surface area contributed by atoms with Crippen LogP contribution >= 0.6 is 44.1 Å². The highest BCUT2D eigenvalue weighted by Gasteiger charge is 2.46. The van der Waals surface area contributed by atoms with Crippen molar-refractivity contribution < 1.29 is 60.0 Å². The van der Waals surface area contributed by atoms with Crippen LogP contribution in [0.5, 0.6) is 11.5 Å². The van der Waals surface area contributed by atoms with Gasteiger partial charge in [0.05, 0.1) is 47.4 Å². The van der Waals surface area contributed by atoms with Crippen molar-refractivity contribution in [1.29, 1.82) is 0 Å². The van der Waals surface area contributed by atoms with Gasteiger partial charge in [-0.05, 0) is 72.3 Å². The minimum atomic E-state index is -5.12. The molecule has 1 heterocycles. The minimum absolute atomic E-state index is 0.0107. The first-order chi connectivity index (χ1) is 25.8. The van der Waals surface area contributed by atoms with Crippen molar-refractivity contribution in [2.45, 2.75) is 31.8 Å². The summed E-state index contributed by atoms with van der Waals surface area (Å²) in [6.07, 6.45) is -9.92. The number of halogens is 8. The Labute approximate surface area is 332 Å². The molecule has 18 heteroatoms. The Morgan fingerprint density at radius 2 is 1.47 bits per heavy atom. The number of anilines is 1. The number of carbonyl (C=O) groups excluding carboxylic acids is 2. The second-order valence-electron chi connectivity index (χ2n) is 12.3. The average molecular weight is 920 g/mol. The van der Waals surface area contributed by atoms with Gasteiger partial charge < -0.3 is 24.6 Å². The maximum Gasteiger partial charge on any atom is 0.416 e. The lowest BCUT2D eigenvalue weighted by atomic mass is 10.1. The molecule has 9 nitrogen and oxygen atoms in total. The molecule has 5 rings (SSSR count). The number of hydrogen-bond acceptors (Lipinski definition) is 7. The van der Waals surface area contributed by atoms with E-state index in [1.807, 2.05) is 18.2 Å². The highest BCUT2D eigenvalue weighted by Crippen LogP contribution is 2.40. The lowest BCUT2D eigenvalue weighted by Crippen LogP contribution is -2.56. The fourth-order valence-electron chi connectivity index (χ4n) is 6.03. The highest BCUT2D eigenvalue weighted by molar-refractivity contribution is 9.11. The molecule has 2 N–H and O–H groups in total. The third-order valence-corrected chi connectivity index (χ3v) is 9.83. The van der Waals surface area contributed by atoms with Gasteiger partial charge >= 0.3 is 30.2 Å². The van der Waals surface area contributed by atoms with E-state index in [-0.39, 0.29) is 54.0 Å². The zero-order chi connectivity index (χ0) is 40.3. The van der Waals surface area contributed by atoms with Crippen LogP contribution < -0.4 is 19.3 Å². The van der Waals surface area contributed by atoms with E-state index in [0.717, 1.165) is 27.7 Å². The van der Waals surface area contributed by atoms with E-state index < -0.39 is 58.2 Å². The van der Waals surface area contributed by atoms with E-state index >= 15 is 0 Å². The quantitative estimate of drug-likeness (QED) is 0.0622. The van der Waals surface area contributed by atoms with Gasteiger partial charge in [-0.15, -0.1) is 0 Å². The predicted octanol–water partition coefficient (Wildman–Crippen LogP) is 9.61. The molecule has 1 amide bonds. The molecule has 1 atom stereocenters. The number of esters is 1. The first-order valence-electron chi connectivity index (χ1n) is 16.1. The fourth-order valence-corrected chi connectivity index (χ4v) is 7.63. The van der Waals surface area contributed by atoms with Gasteiger partial charge in [-0.1, -0.05) is 44.1 Å². The number of amides is 1. The molecule has 1 aliphatic rings. The number of rotatable bonds is 12. The lowest BCUT2D eigenvalue weighted by Gasteiger charge is -2.32. The summed E-state index contributed by atoms with van der Waals surface area (Å²) in [7, 11) is 1.13. The normalized spacial score (nSPS) is 15.2. The first kappa shape index (κ1) is 41.6. The van der Waals surface area contributed by atoms with Crippen molar-refractivity contribution in [2.24, 2.45) is 0 Å². The van der Waals surface area contributed by atoms with Crippen molar-refractivity contribution in [3.8, 4) is 11.5 Å². The van der Waals surface area contributed by atoms with Gasteiger partial charge in [0.15, 0.2) is 0 Å². The Balaban J connectivity index is 1.42. The highest BCUT2D eigenvalue weighted by atomic mass is 79.9. The van der Waals surface area contributed by atoms with Crippen LogP contribution in [-0.2, 0) is 34.9 Å². The van der Waals surface area contributed by atoms with Gasteiger partial charge in [0.25, 0.3) is 0 Å². The second kappa shape index (κ2) is 16.7. The molecule has 0 bridgehead atoms. The molecule has 55 heavy (non-hydrogen) atoms. The number of nitrogens with zero attached hydrogens (tertiary/aromatic N) is 1. The molecular formula is C37H29Br2F6N2O7S+. The number of ether oxygens (including phenoxy) is 3. The van der Waals surface area contributed by atoms with Crippen LogP contribution in [0.3, 0.4) is 0 Å². The van der Waals surface area contributed by atoms with Gasteiger partial charge in [-0.25, -0.2) is 18.9 Å². The number of quaternary nitrogens is 1. The lowest BCUT2D eigenvalue weighted by molar-refractivity contribution is -0.143. The average Bonchev–Trinajstić information content (AvgIpc) is 3.49. The van der Waals surface area contributed by atoms with E-state index in [9.17, 15) is 45.8 Å². The van der Waals surface area contributed by atoms with E-state index in [0.29, 0.717) is 35.6 Å². The third kappa shape index (κ3) is 10.2. The van der Waals surface area contributed by atoms with Crippen LogP contribution in [-0.4, -0.2) is 54.7 Å². The summed E-state index contributed by atoms with van der Waals surface area (Å²) < 4.78 is 98.5. The van der Waals surface area contributed by atoms with Crippen LogP contribution in [0.1, 0.15) is 49.4 Å². The summed E-state index contributed by atoms with van der Waals surface area (Å²) in [6, 6.07) is 15.1. The molecule has 0 radical (unpaired) electrons. The topological polar surface area (TPSA) is 111 Å². The van der Waals surface area contributed by atoms with Gasteiger partial charge in [-0.3, -0.25) is 0 Å². The smallest absolute Gasteiger partial charge is 0.416 e. The van der Waals surface area contributed by atoms with Crippen molar-refractivity contribution in [3.05, 3.63) is 115 Å². The zero-order valence-electron chi connectivity index (χ0n) is 28.4. The molecule has 0 saturated carbocycles. The molecule has 0 aliphatic carbocycles. The van der Waals surface area contributed by atoms with E-state index in [1.54, 1.807) is 18.2 Å². The van der Waals surface area contributed by atoms with Crippen molar-refractivity contribution in [1.82, 2.24) is 4.48 Å². The first-order valence-corrected chi connectivity index (χ1v) is 18.1. The zero-order valence-corrected chi connectivity index (χ0v) is 32.4. The number of carbonyl (C=O) groups is 3. The fraction of sp³-hybridized carbons (Fsp3) is 0.243. The van der Waals surface area contributed by atoms with Crippen LogP contribution in [0.4, 0.5) is 37.7 Å². The van der Waals surface area contributed by atoms with E-state index in [4.69, 9.17) is 26.4 Å². The molecule has 0 aromatic heterocycles. The maximum absolute atomic E-state index is 14.2. The Morgan fingerprint density at radius 3 is 2.07 bits per heavy atom. The summed E-state index contributed by atoms with van der Waals surface area (Å²) in [4.78, 5) is 38.2. The molecule has 0 fully saturated rings. The number of thiocarbonyl (C=S) groups is 1. The monoisotopic (exact) mass is 917 g/mol. The summed E-state index contributed by atoms with van der Waals surface area (Å²) in [6.45, 7) is -0.579. The molecule has 1 aliphatic heterocycles. The number of alkyl halides is 6. The molecule has 0 spiro atoms. The number of methoxy groups -OCH3 is 1. The Hall–Kier alpha value is -4.52. The molecule has 1 unspecified atom stereocenters. The Bertz CT molecular complexity index is 2110. The van der Waals surface area contributed by atoms with Crippen molar-refractivity contribution >= 4 is 78.3 Å². The largest absolute Gasteiger partial charge is 0.489 e. The van der Waals surface area contributed by atoms with Crippen molar-refractivity contribution in [2.75, 3.05) is 32.1 Å².